The van der Waals surface area contributed by atoms with E-state index in [4.69, 9.17) is 4.42 Å². The van der Waals surface area contributed by atoms with Gasteiger partial charge in [-0.15, -0.1) is 0 Å². The fraction of sp³-hybridized carbons (Fsp3) is 0.312. The van der Waals surface area contributed by atoms with Crippen LogP contribution in [0.4, 0.5) is 0 Å². The molecule has 98 valence electrons. The molecule has 0 bridgehead atoms. The molecule has 1 aliphatic rings. The summed E-state index contributed by atoms with van der Waals surface area (Å²) in [5, 5.41) is 0.860. The van der Waals surface area contributed by atoms with Crippen LogP contribution >= 0.6 is 11.8 Å². The van der Waals surface area contributed by atoms with E-state index in [2.05, 4.69) is 19.1 Å². The summed E-state index contributed by atoms with van der Waals surface area (Å²) in [7, 11) is 0. The van der Waals surface area contributed by atoms with Crippen molar-refractivity contribution in [3.63, 3.8) is 0 Å². The van der Waals surface area contributed by atoms with Crippen molar-refractivity contribution in [3.8, 4) is 0 Å². The number of ketones is 1. The van der Waals surface area contributed by atoms with Gasteiger partial charge in [-0.1, -0.05) is 36.9 Å². The van der Waals surface area contributed by atoms with Crippen LogP contribution in [0.3, 0.4) is 0 Å². The van der Waals surface area contributed by atoms with Crippen molar-refractivity contribution >= 4 is 17.5 Å². The van der Waals surface area contributed by atoms with Gasteiger partial charge in [-0.3, -0.25) is 4.79 Å². The van der Waals surface area contributed by atoms with Gasteiger partial charge in [0.05, 0.1) is 5.56 Å². The third-order valence-corrected chi connectivity index (χ3v) is 4.56. The van der Waals surface area contributed by atoms with Gasteiger partial charge in [0.1, 0.15) is 5.76 Å². The zero-order chi connectivity index (χ0) is 13.4. The van der Waals surface area contributed by atoms with E-state index in [1.54, 1.807) is 11.8 Å². The van der Waals surface area contributed by atoms with Gasteiger partial charge < -0.3 is 4.42 Å². The summed E-state index contributed by atoms with van der Waals surface area (Å²) in [6.07, 6.45) is 1.51. The molecule has 0 aliphatic heterocycles. The van der Waals surface area contributed by atoms with Crippen molar-refractivity contribution in [3.05, 3.63) is 47.2 Å². The minimum Gasteiger partial charge on any atom is -0.453 e. The number of fused-ring (bicyclic) bond motifs is 1. The summed E-state index contributed by atoms with van der Waals surface area (Å²) in [6, 6.07) is 10.1. The standard InChI is InChI=1S/C16H16O2S/c1-10-8-13(17)15-11(2)16(18-14(15)9-10)19-12-6-4-3-5-7-12/h3-7,10H,8-9H2,1-2H3. The number of Topliss-reactive ketones (excluding diaryl/α,β-unsaturated/α-hetero) is 1. The predicted octanol–water partition coefficient (Wildman–Crippen LogP) is 4.50. The molecule has 0 spiro atoms. The molecule has 1 aliphatic carbocycles. The average molecular weight is 272 g/mol. The Morgan fingerprint density at radius 3 is 2.68 bits per heavy atom. The highest BCUT2D eigenvalue weighted by Gasteiger charge is 2.29. The number of furan rings is 1. The molecule has 0 saturated heterocycles. The summed E-state index contributed by atoms with van der Waals surface area (Å²) in [6.45, 7) is 4.09. The molecule has 3 rings (SSSR count). The van der Waals surface area contributed by atoms with E-state index in [0.717, 1.165) is 33.3 Å². The van der Waals surface area contributed by atoms with Crippen molar-refractivity contribution in [2.75, 3.05) is 0 Å². The molecule has 0 N–H and O–H groups in total. The second-order valence-corrected chi connectivity index (χ2v) is 6.21. The van der Waals surface area contributed by atoms with Gasteiger partial charge in [0.2, 0.25) is 0 Å². The number of benzene rings is 1. The van der Waals surface area contributed by atoms with E-state index in [1.165, 1.54) is 0 Å². The average Bonchev–Trinajstić information content (AvgIpc) is 2.67. The lowest BCUT2D eigenvalue weighted by atomic mass is 9.87. The zero-order valence-electron chi connectivity index (χ0n) is 11.1. The first-order valence-electron chi connectivity index (χ1n) is 6.53. The second-order valence-electron chi connectivity index (χ2n) is 5.16. The smallest absolute Gasteiger partial charge is 0.168 e. The van der Waals surface area contributed by atoms with Crippen LogP contribution < -0.4 is 0 Å². The molecule has 1 unspecified atom stereocenters. The van der Waals surface area contributed by atoms with Crippen LogP contribution in [0, 0.1) is 12.8 Å². The molecule has 2 nitrogen and oxygen atoms in total. The van der Waals surface area contributed by atoms with Crippen molar-refractivity contribution in [1.29, 1.82) is 0 Å². The van der Waals surface area contributed by atoms with Crippen molar-refractivity contribution in [2.45, 2.75) is 36.7 Å². The normalized spacial score (nSPS) is 18.4. The molecule has 2 aromatic rings. The molecule has 19 heavy (non-hydrogen) atoms. The molecule has 1 aromatic heterocycles. The Labute approximate surface area is 117 Å². The summed E-state index contributed by atoms with van der Waals surface area (Å²) in [4.78, 5) is 13.2. The third-order valence-electron chi connectivity index (χ3n) is 3.48. The number of rotatable bonds is 2. The SMILES string of the molecule is Cc1c(Sc2ccccc2)oc2c1C(=O)CC(C)C2. The van der Waals surface area contributed by atoms with Gasteiger partial charge in [-0.2, -0.15) is 0 Å². The maximum atomic E-state index is 12.1. The summed E-state index contributed by atoms with van der Waals surface area (Å²) < 4.78 is 5.92. The Kier molecular flexibility index (Phi) is 3.23. The van der Waals surface area contributed by atoms with Crippen LogP contribution in [0.25, 0.3) is 0 Å². The van der Waals surface area contributed by atoms with Gasteiger partial charge in [-0.25, -0.2) is 0 Å². The Morgan fingerprint density at radius 2 is 1.95 bits per heavy atom. The van der Waals surface area contributed by atoms with Crippen LogP contribution in [0.5, 0.6) is 0 Å². The first-order chi connectivity index (χ1) is 9.15. The maximum Gasteiger partial charge on any atom is 0.168 e. The Balaban J connectivity index is 1.96. The van der Waals surface area contributed by atoms with Gasteiger partial charge in [0.15, 0.2) is 10.9 Å². The van der Waals surface area contributed by atoms with Crippen molar-refractivity contribution < 1.29 is 9.21 Å². The minimum absolute atomic E-state index is 0.231. The molecule has 0 fully saturated rings. The van der Waals surface area contributed by atoms with E-state index in [1.807, 2.05) is 25.1 Å². The van der Waals surface area contributed by atoms with E-state index in [0.29, 0.717) is 12.3 Å². The van der Waals surface area contributed by atoms with Gasteiger partial charge in [0, 0.05) is 23.3 Å². The predicted molar refractivity (Wildman–Crippen MR) is 75.8 cm³/mol. The fourth-order valence-electron chi connectivity index (χ4n) is 2.56. The molecule has 1 atom stereocenters. The van der Waals surface area contributed by atoms with Crippen molar-refractivity contribution in [2.24, 2.45) is 5.92 Å². The molecule has 0 saturated carbocycles. The van der Waals surface area contributed by atoms with Crippen LogP contribution in [0.15, 0.2) is 44.7 Å². The molecule has 0 radical (unpaired) electrons. The Hall–Kier alpha value is -1.48. The van der Waals surface area contributed by atoms with Crippen LogP contribution in [0.1, 0.15) is 35.0 Å². The Morgan fingerprint density at radius 1 is 1.21 bits per heavy atom. The molecular formula is C16H16O2S. The number of hydrogen-bond acceptors (Lipinski definition) is 3. The highest BCUT2D eigenvalue weighted by Crippen LogP contribution is 2.38. The third kappa shape index (κ3) is 2.35. The first kappa shape index (κ1) is 12.5. The largest absolute Gasteiger partial charge is 0.453 e. The molecule has 0 amide bonds. The zero-order valence-corrected chi connectivity index (χ0v) is 11.9. The van der Waals surface area contributed by atoms with Crippen LogP contribution in [-0.2, 0) is 6.42 Å². The topological polar surface area (TPSA) is 30.2 Å². The lowest BCUT2D eigenvalue weighted by molar-refractivity contribution is 0.0948. The monoisotopic (exact) mass is 272 g/mol. The first-order valence-corrected chi connectivity index (χ1v) is 7.35. The highest BCUT2D eigenvalue weighted by atomic mass is 32.2. The molecular weight excluding hydrogens is 256 g/mol. The van der Waals surface area contributed by atoms with Crippen molar-refractivity contribution in [1.82, 2.24) is 0 Å². The molecule has 1 aromatic carbocycles. The van der Waals surface area contributed by atoms with Gasteiger partial charge in [0.25, 0.3) is 0 Å². The lowest BCUT2D eigenvalue weighted by Gasteiger charge is -2.15. The molecule has 1 heterocycles. The number of carbonyl (C=O) groups excluding carboxylic acids is 1. The number of carbonyl (C=O) groups is 1. The van der Waals surface area contributed by atoms with Crippen LogP contribution in [0.2, 0.25) is 0 Å². The van der Waals surface area contributed by atoms with E-state index in [-0.39, 0.29) is 5.78 Å². The van der Waals surface area contributed by atoms with E-state index >= 15 is 0 Å². The summed E-state index contributed by atoms with van der Waals surface area (Å²) in [5.41, 5.74) is 1.83. The minimum atomic E-state index is 0.231. The fourth-order valence-corrected chi connectivity index (χ4v) is 3.46. The Bertz CT molecular complexity index is 613. The van der Waals surface area contributed by atoms with Gasteiger partial charge in [-0.05, 0) is 25.0 Å². The van der Waals surface area contributed by atoms with Gasteiger partial charge >= 0.3 is 0 Å². The summed E-state index contributed by atoms with van der Waals surface area (Å²) >= 11 is 1.59. The quantitative estimate of drug-likeness (QED) is 0.806. The highest BCUT2D eigenvalue weighted by molar-refractivity contribution is 7.99. The maximum absolute atomic E-state index is 12.1. The summed E-state index contributed by atoms with van der Waals surface area (Å²) in [5.74, 6) is 1.50. The number of hydrogen-bond donors (Lipinski definition) is 0. The second kappa shape index (κ2) is 4.89. The van der Waals surface area contributed by atoms with Crippen LogP contribution in [-0.4, -0.2) is 5.78 Å². The molecule has 3 heteroatoms. The van der Waals surface area contributed by atoms with E-state index < -0.39 is 0 Å². The van der Waals surface area contributed by atoms with E-state index in [9.17, 15) is 4.79 Å². The lowest BCUT2D eigenvalue weighted by Crippen LogP contribution is -2.16.